The summed E-state index contributed by atoms with van der Waals surface area (Å²) in [7, 11) is -3.57. The predicted molar refractivity (Wildman–Crippen MR) is 109 cm³/mol. The second-order valence-corrected chi connectivity index (χ2v) is 9.37. The molecule has 0 atom stereocenters. The molecule has 1 amide bonds. The Morgan fingerprint density at radius 3 is 2.46 bits per heavy atom. The third kappa shape index (κ3) is 5.16. The summed E-state index contributed by atoms with van der Waals surface area (Å²) in [4.78, 5) is 14.4. The van der Waals surface area contributed by atoms with Crippen molar-refractivity contribution in [2.45, 2.75) is 11.3 Å². The normalized spacial score (nSPS) is 16.5. The summed E-state index contributed by atoms with van der Waals surface area (Å²) in [6.07, 6.45) is 0.614. The van der Waals surface area contributed by atoms with Crippen molar-refractivity contribution in [3.63, 3.8) is 0 Å². The maximum Gasteiger partial charge on any atom is 0.243 e. The molecule has 1 fully saturated rings. The quantitative estimate of drug-likeness (QED) is 0.730. The van der Waals surface area contributed by atoms with Crippen LogP contribution in [0.2, 0.25) is 0 Å². The molecule has 1 aliphatic heterocycles. The lowest BCUT2D eigenvalue weighted by molar-refractivity contribution is -0.117. The van der Waals surface area contributed by atoms with E-state index in [1.54, 1.807) is 36.4 Å². The van der Waals surface area contributed by atoms with Gasteiger partial charge in [0, 0.05) is 24.1 Å². The van der Waals surface area contributed by atoms with Crippen LogP contribution in [-0.4, -0.2) is 56.3 Å². The first-order valence-electron chi connectivity index (χ1n) is 8.89. The van der Waals surface area contributed by atoms with E-state index in [-0.39, 0.29) is 23.0 Å². The molecule has 6 nitrogen and oxygen atoms in total. The second-order valence-electron chi connectivity index (χ2n) is 6.52. The number of halogens is 2. The molecular weight excluding hydrogens is 449 g/mol. The molecule has 0 bridgehead atoms. The fourth-order valence-corrected chi connectivity index (χ4v) is 4.79. The van der Waals surface area contributed by atoms with Crippen LogP contribution in [0.1, 0.15) is 6.42 Å². The minimum atomic E-state index is -3.57. The fourth-order valence-electron chi connectivity index (χ4n) is 3.06. The molecule has 1 saturated heterocycles. The monoisotopic (exact) mass is 469 g/mol. The molecule has 1 N–H and O–H groups in total. The van der Waals surface area contributed by atoms with Gasteiger partial charge in [-0.25, -0.2) is 12.8 Å². The van der Waals surface area contributed by atoms with E-state index in [0.29, 0.717) is 32.6 Å². The first-order valence-corrected chi connectivity index (χ1v) is 11.1. The lowest BCUT2D eigenvalue weighted by Crippen LogP contribution is -2.38. The third-order valence-corrected chi connectivity index (χ3v) is 6.96. The van der Waals surface area contributed by atoms with Crippen molar-refractivity contribution in [2.75, 3.05) is 38.0 Å². The van der Waals surface area contributed by atoms with Gasteiger partial charge in [0.15, 0.2) is 0 Å². The van der Waals surface area contributed by atoms with Crippen LogP contribution in [0.3, 0.4) is 0 Å². The molecule has 28 heavy (non-hydrogen) atoms. The van der Waals surface area contributed by atoms with E-state index in [0.717, 1.165) is 4.47 Å². The molecule has 0 unspecified atom stereocenters. The molecule has 3 rings (SSSR count). The van der Waals surface area contributed by atoms with Gasteiger partial charge in [-0.05, 0) is 49.4 Å². The number of hydrogen-bond acceptors (Lipinski definition) is 4. The smallest absolute Gasteiger partial charge is 0.243 e. The van der Waals surface area contributed by atoms with Crippen LogP contribution >= 0.6 is 15.9 Å². The number of hydrogen-bond donors (Lipinski definition) is 1. The highest BCUT2D eigenvalue weighted by Crippen LogP contribution is 2.20. The van der Waals surface area contributed by atoms with Crippen molar-refractivity contribution in [3.8, 4) is 0 Å². The highest BCUT2D eigenvalue weighted by Gasteiger charge is 2.27. The summed E-state index contributed by atoms with van der Waals surface area (Å²) < 4.78 is 41.6. The van der Waals surface area contributed by atoms with Gasteiger partial charge in [0.1, 0.15) is 5.82 Å². The van der Waals surface area contributed by atoms with E-state index >= 15 is 0 Å². The number of anilines is 1. The number of para-hydroxylation sites is 1. The molecular formula is C19H21BrFN3O3S. The molecule has 0 spiro atoms. The van der Waals surface area contributed by atoms with Crippen molar-refractivity contribution < 1.29 is 17.6 Å². The number of nitrogens with zero attached hydrogens (tertiary/aromatic N) is 2. The van der Waals surface area contributed by atoms with E-state index in [9.17, 15) is 17.6 Å². The molecule has 0 saturated carbocycles. The third-order valence-electron chi connectivity index (χ3n) is 4.51. The zero-order valence-corrected chi connectivity index (χ0v) is 17.5. The van der Waals surface area contributed by atoms with E-state index in [1.165, 1.54) is 16.4 Å². The lowest BCUT2D eigenvalue weighted by Gasteiger charge is -2.21. The summed E-state index contributed by atoms with van der Waals surface area (Å²) in [6.45, 7) is 1.80. The van der Waals surface area contributed by atoms with Crippen LogP contribution < -0.4 is 5.32 Å². The van der Waals surface area contributed by atoms with Crippen LogP contribution in [0.25, 0.3) is 0 Å². The average Bonchev–Trinajstić information content (AvgIpc) is 2.90. The number of sulfonamides is 1. The SMILES string of the molecule is O=C(CN1CCCN(S(=O)(=O)c2ccc(Br)cc2)CC1)Nc1ccccc1F. The number of amides is 1. The molecule has 0 radical (unpaired) electrons. The summed E-state index contributed by atoms with van der Waals surface area (Å²) in [5, 5.41) is 2.56. The van der Waals surface area contributed by atoms with Gasteiger partial charge in [0.2, 0.25) is 15.9 Å². The lowest BCUT2D eigenvalue weighted by atomic mass is 10.3. The van der Waals surface area contributed by atoms with Gasteiger partial charge in [0.05, 0.1) is 17.1 Å². The maximum atomic E-state index is 13.7. The Morgan fingerprint density at radius 2 is 1.75 bits per heavy atom. The van der Waals surface area contributed by atoms with Crippen molar-refractivity contribution >= 4 is 37.5 Å². The van der Waals surface area contributed by atoms with E-state index in [4.69, 9.17) is 0 Å². The Balaban J connectivity index is 1.59. The zero-order valence-electron chi connectivity index (χ0n) is 15.1. The Hall–Kier alpha value is -1.81. The summed E-state index contributed by atoms with van der Waals surface area (Å²) in [5.74, 6) is -0.812. The summed E-state index contributed by atoms with van der Waals surface area (Å²) >= 11 is 3.30. The van der Waals surface area contributed by atoms with Crippen LogP contribution in [0.5, 0.6) is 0 Å². The highest BCUT2D eigenvalue weighted by atomic mass is 79.9. The largest absolute Gasteiger partial charge is 0.322 e. The fraction of sp³-hybridized carbons (Fsp3) is 0.316. The number of rotatable bonds is 5. The Morgan fingerprint density at radius 1 is 1.04 bits per heavy atom. The summed E-state index contributed by atoms with van der Waals surface area (Å²) in [5.41, 5.74) is 0.141. The topological polar surface area (TPSA) is 69.7 Å². The Kier molecular flexibility index (Phi) is 6.82. The predicted octanol–water partition coefficient (Wildman–Crippen LogP) is 2.92. The van der Waals surface area contributed by atoms with Crippen LogP contribution in [0.4, 0.5) is 10.1 Å². The molecule has 1 heterocycles. The van der Waals surface area contributed by atoms with Crippen LogP contribution in [-0.2, 0) is 14.8 Å². The number of carbonyl (C=O) groups is 1. The second kappa shape index (κ2) is 9.13. The van der Waals surface area contributed by atoms with Gasteiger partial charge in [-0.3, -0.25) is 9.69 Å². The standard InChI is InChI=1S/C19H21BrFN3O3S/c20-15-6-8-16(9-7-15)28(26,27)24-11-3-10-23(12-13-24)14-19(25)22-18-5-2-1-4-17(18)21/h1-2,4-9H,3,10-14H2,(H,22,25). The number of carbonyl (C=O) groups excluding carboxylic acids is 1. The van der Waals surface area contributed by atoms with Crippen molar-refractivity contribution in [3.05, 3.63) is 58.8 Å². The van der Waals surface area contributed by atoms with E-state index in [2.05, 4.69) is 21.2 Å². The number of nitrogens with one attached hydrogen (secondary N) is 1. The maximum absolute atomic E-state index is 13.7. The van der Waals surface area contributed by atoms with Gasteiger partial charge in [-0.2, -0.15) is 4.31 Å². The van der Waals surface area contributed by atoms with Crippen molar-refractivity contribution in [1.29, 1.82) is 0 Å². The summed E-state index contributed by atoms with van der Waals surface area (Å²) in [6, 6.07) is 12.5. The minimum Gasteiger partial charge on any atom is -0.322 e. The van der Waals surface area contributed by atoms with Crippen molar-refractivity contribution in [2.24, 2.45) is 0 Å². The van der Waals surface area contributed by atoms with Crippen LogP contribution in [0, 0.1) is 5.82 Å². The molecule has 0 aromatic heterocycles. The molecule has 2 aromatic rings. The van der Waals surface area contributed by atoms with E-state index < -0.39 is 15.8 Å². The van der Waals surface area contributed by atoms with Gasteiger partial charge in [-0.15, -0.1) is 0 Å². The van der Waals surface area contributed by atoms with Crippen molar-refractivity contribution in [1.82, 2.24) is 9.21 Å². The van der Waals surface area contributed by atoms with E-state index in [1.807, 2.05) is 4.90 Å². The Labute approximate surface area is 172 Å². The van der Waals surface area contributed by atoms with Gasteiger partial charge < -0.3 is 5.32 Å². The molecule has 2 aromatic carbocycles. The molecule has 9 heteroatoms. The Bertz CT molecular complexity index is 938. The highest BCUT2D eigenvalue weighted by molar-refractivity contribution is 9.10. The van der Waals surface area contributed by atoms with Crippen LogP contribution in [0.15, 0.2) is 57.9 Å². The number of benzene rings is 2. The zero-order chi connectivity index (χ0) is 20.1. The minimum absolute atomic E-state index is 0.0838. The van der Waals surface area contributed by atoms with Gasteiger partial charge in [0.25, 0.3) is 0 Å². The molecule has 0 aliphatic carbocycles. The average molecular weight is 470 g/mol. The van der Waals surface area contributed by atoms with Gasteiger partial charge >= 0.3 is 0 Å². The molecule has 1 aliphatic rings. The first kappa shape index (κ1) is 20.9. The first-order chi connectivity index (χ1) is 13.4. The van der Waals surface area contributed by atoms with Gasteiger partial charge in [-0.1, -0.05) is 28.1 Å². The molecule has 150 valence electrons.